The maximum Gasteiger partial charge on any atom is 0 e. The Bertz CT molecular complexity index is 318. The van der Waals surface area contributed by atoms with E-state index in [1.807, 2.05) is 45.0 Å². The molecule has 0 saturated heterocycles. The summed E-state index contributed by atoms with van der Waals surface area (Å²) in [7, 11) is 0. The minimum atomic E-state index is -2.94. The van der Waals surface area contributed by atoms with Crippen molar-refractivity contribution in [2.24, 2.45) is 0 Å². The molecule has 1 rings (SSSR count). The molecule has 150 valence electrons. The quantitative estimate of drug-likeness (QED) is 0.432. The molecule has 3 N–H and O–H groups in total. The Morgan fingerprint density at radius 2 is 1.00 bits per heavy atom. The zero-order valence-corrected chi connectivity index (χ0v) is 21.9. The van der Waals surface area contributed by atoms with E-state index in [9.17, 15) is 3.50 Å². The van der Waals surface area contributed by atoms with Crippen molar-refractivity contribution < 1.29 is 45.0 Å². The summed E-state index contributed by atoms with van der Waals surface area (Å²) in [6, 6.07) is 7.53. The normalized spacial score (nSPS) is 13.3. The van der Waals surface area contributed by atoms with E-state index in [2.05, 4.69) is 0 Å². The van der Waals surface area contributed by atoms with Gasteiger partial charge in [0.2, 0.25) is 0 Å². The Labute approximate surface area is 177 Å². The second-order valence-corrected chi connectivity index (χ2v) is 13.8. The minimum absolute atomic E-state index is 0. The Morgan fingerprint density at radius 3 is 1.08 bits per heavy atom. The summed E-state index contributed by atoms with van der Waals surface area (Å²) in [6.45, 7) is 11.2. The van der Waals surface area contributed by atoms with Crippen LogP contribution in [0, 0.1) is 0 Å². The summed E-state index contributed by atoms with van der Waals surface area (Å²) < 4.78 is 14.1. The van der Waals surface area contributed by atoms with Gasteiger partial charge < -0.3 is 15.3 Å². The third kappa shape index (κ3) is 32.7. The average molecular weight is 499 g/mol. The van der Waals surface area contributed by atoms with E-state index in [4.69, 9.17) is 15.3 Å². The zero-order valence-electron chi connectivity index (χ0n) is 17.4. The molecule has 3 atom stereocenters. The van der Waals surface area contributed by atoms with Crippen LogP contribution in [0.3, 0.4) is 0 Å². The van der Waals surface area contributed by atoms with Crippen LogP contribution in [0.15, 0.2) is 24.3 Å². The summed E-state index contributed by atoms with van der Waals surface area (Å²) in [6.07, 6.45) is 2.24. The fourth-order valence-electron chi connectivity index (χ4n) is 0.770. The van der Waals surface area contributed by atoms with Gasteiger partial charge in [0.25, 0.3) is 0 Å². The first-order chi connectivity index (χ1) is 10.9. The number of hydrogen-bond acceptors (Lipinski definition) is 3. The monoisotopic (exact) mass is 499 g/mol. The number of hydrogen-bond donors (Lipinski definition) is 3. The van der Waals surface area contributed by atoms with Gasteiger partial charge in [0.05, 0.1) is 18.3 Å². The van der Waals surface area contributed by atoms with E-state index in [0.29, 0.717) is 0 Å². The van der Waals surface area contributed by atoms with Crippen molar-refractivity contribution >= 4 is 18.1 Å². The maximum atomic E-state index is 13.1. The largest absolute Gasteiger partial charge is 0 e. The molecule has 3 unspecified atom stereocenters. The predicted octanol–water partition coefficient (Wildman–Crippen LogP) is 4.12. The van der Waals surface area contributed by atoms with Crippen molar-refractivity contribution in [3.05, 3.63) is 24.3 Å². The smallest absolute Gasteiger partial charge is 0 e. The van der Waals surface area contributed by atoms with E-state index >= 15 is 0 Å². The predicted molar refractivity (Wildman–Crippen MR) is 106 cm³/mol. The molecule has 0 amide bonds. The molecule has 0 spiro atoms. The van der Waals surface area contributed by atoms with Gasteiger partial charge in [-0.1, -0.05) is 20.8 Å². The van der Waals surface area contributed by atoms with Gasteiger partial charge in [-0.25, -0.2) is 0 Å². The van der Waals surface area contributed by atoms with Gasteiger partial charge in [0.1, 0.15) is 0 Å². The van der Waals surface area contributed by atoms with Gasteiger partial charge in [0.15, 0.2) is 0 Å². The van der Waals surface area contributed by atoms with Gasteiger partial charge in [-0.2, -0.15) is 0 Å². The van der Waals surface area contributed by atoms with Gasteiger partial charge >= 0.3 is 57.4 Å². The van der Waals surface area contributed by atoms with E-state index in [1.165, 1.54) is 0 Å². The van der Waals surface area contributed by atoms with E-state index in [1.54, 1.807) is 32.3 Å². The molecule has 0 aliphatic heterocycles. The fourth-order valence-corrected chi connectivity index (χ4v) is 2.84. The van der Waals surface area contributed by atoms with Crippen molar-refractivity contribution in [2.75, 3.05) is 0 Å². The van der Waals surface area contributed by atoms with Crippen LogP contribution >= 0.6 is 0 Å². The first-order valence-corrected chi connectivity index (χ1v) is 14.9. The second kappa shape index (κ2) is 20.9. The van der Waals surface area contributed by atoms with Gasteiger partial charge in [0, 0.05) is 26.2 Å². The minimum Gasteiger partial charge on any atom is 0 e. The first kappa shape index (κ1) is 33.2. The molecular formula is C19H40FGeO3Zr-. The van der Waals surface area contributed by atoms with Gasteiger partial charge in [-0.3, -0.25) is 0 Å². The second-order valence-electron chi connectivity index (χ2n) is 6.42. The van der Waals surface area contributed by atoms with Crippen molar-refractivity contribution in [1.82, 2.24) is 0 Å². The number of halogens is 1. The topological polar surface area (TPSA) is 60.7 Å². The Kier molecular flexibility index (Phi) is 27.7. The number of aliphatic hydroxyl groups excluding tert-OH is 3. The molecule has 0 saturated carbocycles. The third-order valence-electron chi connectivity index (χ3n) is 3.12. The van der Waals surface area contributed by atoms with E-state index < -0.39 is 13.7 Å². The SMILES string of the molecule is CCC(C)O.CCC(C)O.CCC(C)O.[CH3][Ge]([CH3])([F])[c-]1cccc1.[Zr]. The molecule has 0 radical (unpaired) electrons. The molecule has 0 fully saturated rings. The van der Waals surface area contributed by atoms with Crippen LogP contribution in [0.5, 0.6) is 0 Å². The summed E-state index contributed by atoms with van der Waals surface area (Å²) in [5.41, 5.74) is 0. The Hall–Kier alpha value is 0.586. The Balaban J connectivity index is -0.000000122. The maximum absolute atomic E-state index is 13.1. The van der Waals surface area contributed by atoms with Crippen LogP contribution in [0.25, 0.3) is 0 Å². The molecule has 1 aromatic carbocycles. The van der Waals surface area contributed by atoms with Crippen LogP contribution in [-0.2, 0) is 26.2 Å². The standard InChI is InChI=1S/C7H10FGe.3C4H10O.Zr/c1-9(2,8)7-5-3-4-6-7;3*1-3-4(2)5;/h3-6H,1-2H3;3*4-5H,3H2,1-2H3;/q-1;;;;. The van der Waals surface area contributed by atoms with Crippen LogP contribution in [-0.4, -0.2) is 47.4 Å². The molecule has 0 aromatic heterocycles. The van der Waals surface area contributed by atoms with Crippen molar-refractivity contribution in [1.29, 1.82) is 0 Å². The molecule has 6 heteroatoms. The summed E-state index contributed by atoms with van der Waals surface area (Å²) in [4.78, 5) is 0. The molecule has 3 nitrogen and oxygen atoms in total. The molecule has 0 bridgehead atoms. The van der Waals surface area contributed by atoms with Crippen LogP contribution in [0.2, 0.25) is 11.5 Å². The number of aliphatic hydroxyl groups is 3. The van der Waals surface area contributed by atoms with E-state index in [0.717, 1.165) is 23.7 Å². The molecular weight excluding hydrogens is 459 g/mol. The average Bonchev–Trinajstić information content (AvgIpc) is 3.03. The van der Waals surface area contributed by atoms with Crippen molar-refractivity contribution in [3.63, 3.8) is 0 Å². The first-order valence-electron chi connectivity index (χ1n) is 8.87. The molecule has 0 heterocycles. The van der Waals surface area contributed by atoms with Crippen LogP contribution in [0.1, 0.15) is 60.8 Å². The molecule has 1 aromatic rings. The van der Waals surface area contributed by atoms with E-state index in [-0.39, 0.29) is 44.5 Å². The molecule has 0 aliphatic carbocycles. The summed E-state index contributed by atoms with van der Waals surface area (Å²) >= 11 is -2.94. The molecule has 25 heavy (non-hydrogen) atoms. The van der Waals surface area contributed by atoms with Crippen LogP contribution < -0.4 is 4.40 Å². The van der Waals surface area contributed by atoms with Crippen molar-refractivity contribution in [3.8, 4) is 0 Å². The van der Waals surface area contributed by atoms with Gasteiger partial charge in [-0.15, -0.1) is 0 Å². The van der Waals surface area contributed by atoms with Crippen molar-refractivity contribution in [2.45, 2.75) is 90.6 Å². The fraction of sp³-hybridized carbons (Fsp3) is 0.737. The third-order valence-corrected chi connectivity index (χ3v) is 6.70. The zero-order chi connectivity index (χ0) is 19.8. The molecule has 0 aliphatic rings. The summed E-state index contributed by atoms with van der Waals surface area (Å²) in [5.74, 6) is 3.49. The van der Waals surface area contributed by atoms with Crippen LogP contribution in [0.4, 0.5) is 3.50 Å². The summed E-state index contributed by atoms with van der Waals surface area (Å²) in [5, 5.41) is 25.1. The number of rotatable bonds is 4. The van der Waals surface area contributed by atoms with Gasteiger partial charge in [-0.05, 0) is 40.0 Å². The Morgan fingerprint density at radius 1 is 0.800 bits per heavy atom.